The van der Waals surface area contributed by atoms with Crippen LogP contribution in [0.25, 0.3) is 11.0 Å². The minimum absolute atomic E-state index is 0.0751. The molecule has 0 atom stereocenters. The number of amides is 2. The Kier molecular flexibility index (Phi) is 8.04. The number of piperidine rings is 2. The summed E-state index contributed by atoms with van der Waals surface area (Å²) < 4.78 is 0. The van der Waals surface area contributed by atoms with E-state index >= 15 is 0 Å². The molecule has 11 nitrogen and oxygen atoms in total. The van der Waals surface area contributed by atoms with Gasteiger partial charge >= 0.3 is 0 Å². The first kappa shape index (κ1) is 26.7. The van der Waals surface area contributed by atoms with Crippen LogP contribution < -0.4 is 10.6 Å². The predicted octanol–water partition coefficient (Wildman–Crippen LogP) is 3.38. The van der Waals surface area contributed by atoms with Gasteiger partial charge in [-0.15, -0.1) is 0 Å². The van der Waals surface area contributed by atoms with Crippen LogP contribution in [0.15, 0.2) is 67.1 Å². The number of carbonyl (C=O) groups excluding carboxylic acids is 2. The van der Waals surface area contributed by atoms with E-state index in [0.717, 1.165) is 56.4 Å². The summed E-state index contributed by atoms with van der Waals surface area (Å²) in [5, 5.41) is 14.2. The summed E-state index contributed by atoms with van der Waals surface area (Å²) in [6.45, 7) is 4.04. The first-order valence-corrected chi connectivity index (χ1v) is 14.1. The van der Waals surface area contributed by atoms with E-state index < -0.39 is 0 Å². The molecule has 3 aromatic heterocycles. The fourth-order valence-corrected chi connectivity index (χ4v) is 5.56. The summed E-state index contributed by atoms with van der Waals surface area (Å²) in [5.74, 6) is 0.886. The van der Waals surface area contributed by atoms with Gasteiger partial charge in [-0.2, -0.15) is 10.2 Å². The van der Waals surface area contributed by atoms with Gasteiger partial charge in [-0.1, -0.05) is 18.2 Å². The molecular weight excluding hydrogens is 518 g/mol. The molecule has 2 amide bonds. The quantitative estimate of drug-likeness (QED) is 0.355. The summed E-state index contributed by atoms with van der Waals surface area (Å²) in [7, 11) is 0. The van der Waals surface area contributed by atoms with Crippen molar-refractivity contribution in [3.8, 4) is 0 Å². The van der Waals surface area contributed by atoms with Crippen molar-refractivity contribution in [2.45, 2.75) is 38.3 Å². The average molecular weight is 552 g/mol. The molecule has 2 aliphatic heterocycles. The Bertz CT molecular complexity index is 1490. The van der Waals surface area contributed by atoms with Crippen molar-refractivity contribution in [3.63, 3.8) is 0 Å². The summed E-state index contributed by atoms with van der Waals surface area (Å²) >= 11 is 0. The maximum absolute atomic E-state index is 13.3. The van der Waals surface area contributed by atoms with E-state index in [1.54, 1.807) is 36.8 Å². The number of nitrogens with zero attached hydrogens (tertiary/aromatic N) is 7. The molecule has 0 bridgehead atoms. The fourth-order valence-electron chi connectivity index (χ4n) is 5.56. The molecule has 2 saturated heterocycles. The van der Waals surface area contributed by atoms with Gasteiger partial charge in [0, 0.05) is 44.0 Å². The second kappa shape index (κ2) is 12.3. The lowest BCUT2D eigenvalue weighted by Crippen LogP contribution is -2.47. The van der Waals surface area contributed by atoms with Crippen LogP contribution >= 0.6 is 0 Å². The van der Waals surface area contributed by atoms with Crippen LogP contribution in [0.1, 0.15) is 41.7 Å². The van der Waals surface area contributed by atoms with Crippen molar-refractivity contribution in [3.05, 3.63) is 78.4 Å². The number of likely N-dealkylation sites (tertiary alicyclic amines) is 2. The molecule has 11 heteroatoms. The van der Waals surface area contributed by atoms with Crippen LogP contribution in [0, 0.1) is 5.92 Å². The SMILES string of the molecule is O=C(Nc1nc2ccccc2nc1NC1CCN(C(=O)C2CCN(Cc3ccnnc3)CC2)CC1)c1ccccn1. The van der Waals surface area contributed by atoms with E-state index in [1.807, 2.05) is 35.2 Å². The van der Waals surface area contributed by atoms with E-state index in [-0.39, 0.29) is 23.8 Å². The third-order valence-electron chi connectivity index (χ3n) is 7.84. The minimum atomic E-state index is -0.345. The van der Waals surface area contributed by atoms with Gasteiger partial charge in [0.25, 0.3) is 5.91 Å². The van der Waals surface area contributed by atoms with Gasteiger partial charge in [-0.3, -0.25) is 19.5 Å². The molecule has 5 heterocycles. The minimum Gasteiger partial charge on any atom is -0.364 e. The maximum atomic E-state index is 13.3. The fraction of sp³-hybridized carbons (Fsp3) is 0.367. The molecule has 4 aromatic rings. The molecule has 0 saturated carbocycles. The topological polar surface area (TPSA) is 129 Å². The highest BCUT2D eigenvalue weighted by molar-refractivity contribution is 6.04. The monoisotopic (exact) mass is 551 g/mol. The van der Waals surface area contributed by atoms with Crippen molar-refractivity contribution < 1.29 is 9.59 Å². The largest absolute Gasteiger partial charge is 0.364 e. The first-order chi connectivity index (χ1) is 20.1. The van der Waals surface area contributed by atoms with Gasteiger partial charge in [0.05, 0.1) is 17.2 Å². The van der Waals surface area contributed by atoms with Gasteiger partial charge in [0.1, 0.15) is 5.69 Å². The molecule has 2 N–H and O–H groups in total. The Labute approximate surface area is 238 Å². The van der Waals surface area contributed by atoms with Crippen LogP contribution in [0.2, 0.25) is 0 Å². The third kappa shape index (κ3) is 6.46. The highest BCUT2D eigenvalue weighted by Crippen LogP contribution is 2.27. The number of benzene rings is 1. The number of para-hydroxylation sites is 2. The lowest BCUT2D eigenvalue weighted by Gasteiger charge is -2.37. The molecule has 6 rings (SSSR count). The zero-order valence-corrected chi connectivity index (χ0v) is 22.8. The van der Waals surface area contributed by atoms with E-state index in [4.69, 9.17) is 4.98 Å². The average Bonchev–Trinajstić information content (AvgIpc) is 3.02. The number of anilines is 2. The number of aromatic nitrogens is 5. The number of hydrogen-bond acceptors (Lipinski definition) is 9. The molecule has 210 valence electrons. The normalized spacial score (nSPS) is 16.9. The summed E-state index contributed by atoms with van der Waals surface area (Å²) in [5.41, 5.74) is 2.89. The molecule has 0 spiro atoms. The number of hydrogen-bond donors (Lipinski definition) is 2. The summed E-state index contributed by atoms with van der Waals surface area (Å²) in [6.07, 6.45) is 8.44. The van der Waals surface area contributed by atoms with Gasteiger partial charge in [0.15, 0.2) is 11.6 Å². The Morgan fingerprint density at radius 1 is 0.805 bits per heavy atom. The van der Waals surface area contributed by atoms with Gasteiger partial charge in [0.2, 0.25) is 5.91 Å². The van der Waals surface area contributed by atoms with Gasteiger partial charge in [-0.05, 0) is 74.7 Å². The van der Waals surface area contributed by atoms with Gasteiger partial charge in [-0.25, -0.2) is 9.97 Å². The van der Waals surface area contributed by atoms with Crippen molar-refractivity contribution >= 4 is 34.5 Å². The summed E-state index contributed by atoms with van der Waals surface area (Å²) in [6, 6.07) is 14.9. The van der Waals surface area contributed by atoms with E-state index in [1.165, 1.54) is 0 Å². The number of rotatable bonds is 7. The molecule has 0 unspecified atom stereocenters. The Morgan fingerprint density at radius 2 is 1.54 bits per heavy atom. The number of fused-ring (bicyclic) bond motifs is 1. The number of nitrogens with one attached hydrogen (secondary N) is 2. The van der Waals surface area contributed by atoms with E-state index in [9.17, 15) is 9.59 Å². The van der Waals surface area contributed by atoms with Crippen LogP contribution in [0.3, 0.4) is 0 Å². The molecule has 0 aliphatic carbocycles. The second-order valence-electron chi connectivity index (χ2n) is 10.6. The number of carbonyl (C=O) groups is 2. The zero-order chi connectivity index (χ0) is 28.0. The highest BCUT2D eigenvalue weighted by atomic mass is 16.2. The van der Waals surface area contributed by atoms with Crippen LogP contribution in [0.5, 0.6) is 0 Å². The predicted molar refractivity (Wildman–Crippen MR) is 155 cm³/mol. The molecule has 41 heavy (non-hydrogen) atoms. The molecule has 2 aliphatic rings. The Balaban J connectivity index is 1.05. The standard InChI is InChI=1S/C30H33N9O2/c40-29(26-7-3-4-13-31-26)37-28-27(35-24-5-1-2-6-25(24)36-28)34-23-11-17-39(18-12-23)30(41)22-9-15-38(16-10-22)20-21-8-14-32-33-19-21/h1-8,13-14,19,22-23H,9-12,15-18,20H2,(H,34,35)(H,36,37,40). The van der Waals surface area contributed by atoms with Crippen molar-refractivity contribution in [1.82, 2.24) is 34.9 Å². The Hall–Kier alpha value is -4.51. The number of pyridine rings is 1. The summed E-state index contributed by atoms with van der Waals surface area (Å²) in [4.78, 5) is 44.2. The van der Waals surface area contributed by atoms with E-state index in [2.05, 4.69) is 35.7 Å². The van der Waals surface area contributed by atoms with Crippen molar-refractivity contribution in [1.29, 1.82) is 0 Å². The third-order valence-corrected chi connectivity index (χ3v) is 7.84. The van der Waals surface area contributed by atoms with Crippen LogP contribution in [-0.4, -0.2) is 79.0 Å². The smallest absolute Gasteiger partial charge is 0.275 e. The molecule has 1 aromatic carbocycles. The first-order valence-electron chi connectivity index (χ1n) is 14.1. The van der Waals surface area contributed by atoms with Gasteiger partial charge < -0.3 is 15.5 Å². The lowest BCUT2D eigenvalue weighted by atomic mass is 9.93. The van der Waals surface area contributed by atoms with Crippen molar-refractivity contribution in [2.75, 3.05) is 36.8 Å². The zero-order valence-electron chi connectivity index (χ0n) is 22.8. The molecule has 2 fully saturated rings. The molecule has 0 radical (unpaired) electrons. The lowest BCUT2D eigenvalue weighted by molar-refractivity contribution is -0.138. The molecular formula is C30H33N9O2. The second-order valence-corrected chi connectivity index (χ2v) is 10.6. The van der Waals surface area contributed by atoms with Crippen LogP contribution in [0.4, 0.5) is 11.6 Å². The maximum Gasteiger partial charge on any atom is 0.275 e. The van der Waals surface area contributed by atoms with Crippen LogP contribution in [-0.2, 0) is 11.3 Å². The van der Waals surface area contributed by atoms with E-state index in [0.29, 0.717) is 35.9 Å². The highest BCUT2D eigenvalue weighted by Gasteiger charge is 2.31. The Morgan fingerprint density at radius 3 is 2.22 bits per heavy atom. The van der Waals surface area contributed by atoms with Crippen molar-refractivity contribution in [2.24, 2.45) is 5.92 Å².